The minimum atomic E-state index is -4.42. The summed E-state index contributed by atoms with van der Waals surface area (Å²) in [5, 5.41) is 6.80. The lowest BCUT2D eigenvalue weighted by molar-refractivity contribution is -0.137. The second-order valence-corrected chi connectivity index (χ2v) is 7.39. The average molecular weight is 431 g/mol. The van der Waals surface area contributed by atoms with E-state index >= 15 is 0 Å². The number of hydrogen-bond acceptors (Lipinski definition) is 5. The monoisotopic (exact) mass is 431 g/mol. The maximum absolute atomic E-state index is 12.6. The quantitative estimate of drug-likeness (QED) is 0.623. The molecule has 31 heavy (non-hydrogen) atoms. The van der Waals surface area contributed by atoms with Crippen LogP contribution >= 0.6 is 0 Å². The maximum Gasteiger partial charge on any atom is 0.417 e. The summed E-state index contributed by atoms with van der Waals surface area (Å²) in [7, 11) is 0. The van der Waals surface area contributed by atoms with E-state index in [1.807, 2.05) is 30.3 Å². The Labute approximate surface area is 176 Å². The van der Waals surface area contributed by atoms with E-state index in [0.29, 0.717) is 31.4 Å². The van der Waals surface area contributed by atoms with Gasteiger partial charge < -0.3 is 14.6 Å². The van der Waals surface area contributed by atoms with Crippen LogP contribution in [0.25, 0.3) is 11.3 Å². The molecule has 0 unspecified atom stereocenters. The fourth-order valence-electron chi connectivity index (χ4n) is 3.49. The number of alkyl halides is 3. The molecule has 2 aromatic heterocycles. The van der Waals surface area contributed by atoms with Crippen LogP contribution in [0.15, 0.2) is 59.3 Å². The Morgan fingerprint density at radius 1 is 1.06 bits per heavy atom. The minimum absolute atomic E-state index is 0.0372. The van der Waals surface area contributed by atoms with Crippen molar-refractivity contribution in [3.63, 3.8) is 0 Å². The van der Waals surface area contributed by atoms with Gasteiger partial charge in [0.15, 0.2) is 11.5 Å². The third-order valence-electron chi connectivity index (χ3n) is 5.16. The molecule has 162 valence electrons. The largest absolute Gasteiger partial charge is 0.474 e. The molecule has 0 atom stereocenters. The first-order chi connectivity index (χ1) is 14.9. The molecule has 0 saturated heterocycles. The number of pyridine rings is 1. The Morgan fingerprint density at radius 2 is 1.81 bits per heavy atom. The predicted octanol–water partition coefficient (Wildman–Crippen LogP) is 4.88. The van der Waals surface area contributed by atoms with Crippen LogP contribution in [-0.4, -0.2) is 28.2 Å². The van der Waals surface area contributed by atoms with Crippen molar-refractivity contribution in [2.75, 3.05) is 0 Å². The first-order valence-corrected chi connectivity index (χ1v) is 9.91. The van der Waals surface area contributed by atoms with Gasteiger partial charge in [0.05, 0.1) is 5.56 Å². The second-order valence-electron chi connectivity index (χ2n) is 7.39. The predicted molar refractivity (Wildman–Crippen MR) is 105 cm³/mol. The van der Waals surface area contributed by atoms with Crippen molar-refractivity contribution in [1.29, 1.82) is 0 Å². The molecule has 1 aromatic carbocycles. The number of hydrogen-bond donors (Lipinski definition) is 1. The fourth-order valence-corrected chi connectivity index (χ4v) is 3.49. The fraction of sp³-hybridized carbons (Fsp3) is 0.318. The molecule has 1 amide bonds. The molecule has 1 saturated carbocycles. The molecule has 0 bridgehead atoms. The first kappa shape index (κ1) is 20.9. The van der Waals surface area contributed by atoms with Gasteiger partial charge in [0.25, 0.3) is 5.91 Å². The van der Waals surface area contributed by atoms with Crippen LogP contribution < -0.4 is 10.1 Å². The lowest BCUT2D eigenvalue weighted by atomic mass is 9.93. The van der Waals surface area contributed by atoms with Crippen molar-refractivity contribution in [3.8, 4) is 17.2 Å². The summed E-state index contributed by atoms with van der Waals surface area (Å²) in [5.74, 6) is 0.378. The van der Waals surface area contributed by atoms with Gasteiger partial charge in [-0.3, -0.25) is 4.79 Å². The van der Waals surface area contributed by atoms with E-state index < -0.39 is 11.7 Å². The normalized spacial score (nSPS) is 19.1. The molecule has 1 aliphatic rings. The standard InChI is InChI=1S/C22H20F3N3O3/c23-22(24,25)15-6-11-20(26-13-15)30-17-9-7-16(8-10-17)27-21(29)18-12-19(31-28-18)14-4-2-1-3-5-14/h1-6,11-13,16-17H,7-10H2,(H,27,29). The van der Waals surface area contributed by atoms with Crippen molar-refractivity contribution in [2.24, 2.45) is 0 Å². The van der Waals surface area contributed by atoms with Crippen LogP contribution in [0.4, 0.5) is 13.2 Å². The molecule has 1 aliphatic carbocycles. The van der Waals surface area contributed by atoms with E-state index in [-0.39, 0.29) is 29.6 Å². The summed E-state index contributed by atoms with van der Waals surface area (Å²) in [5.41, 5.74) is 0.240. The molecule has 2 heterocycles. The number of nitrogens with zero attached hydrogens (tertiary/aromatic N) is 2. The van der Waals surface area contributed by atoms with Crippen LogP contribution in [0.5, 0.6) is 5.88 Å². The van der Waals surface area contributed by atoms with Crippen LogP contribution in [0.2, 0.25) is 0 Å². The molecular weight excluding hydrogens is 411 g/mol. The number of rotatable bonds is 5. The van der Waals surface area contributed by atoms with Crippen LogP contribution in [0.1, 0.15) is 41.7 Å². The number of ether oxygens (including phenoxy) is 1. The Morgan fingerprint density at radius 3 is 2.45 bits per heavy atom. The van der Waals surface area contributed by atoms with Gasteiger partial charge in [0, 0.05) is 29.9 Å². The summed E-state index contributed by atoms with van der Waals surface area (Å²) in [4.78, 5) is 16.2. The van der Waals surface area contributed by atoms with Crippen LogP contribution in [0, 0.1) is 0 Å². The Kier molecular flexibility index (Phi) is 5.92. The van der Waals surface area contributed by atoms with Crippen LogP contribution in [0.3, 0.4) is 0 Å². The van der Waals surface area contributed by atoms with Crippen molar-refractivity contribution < 1.29 is 27.2 Å². The average Bonchev–Trinajstić information content (AvgIpc) is 3.26. The van der Waals surface area contributed by atoms with Crippen molar-refractivity contribution >= 4 is 5.91 Å². The highest BCUT2D eigenvalue weighted by molar-refractivity contribution is 5.93. The van der Waals surface area contributed by atoms with Crippen molar-refractivity contribution in [2.45, 2.75) is 44.0 Å². The maximum atomic E-state index is 12.6. The Bertz CT molecular complexity index is 1010. The lowest BCUT2D eigenvalue weighted by Gasteiger charge is -2.29. The van der Waals surface area contributed by atoms with Gasteiger partial charge in [-0.1, -0.05) is 35.5 Å². The molecule has 0 aliphatic heterocycles. The van der Waals surface area contributed by atoms with Crippen molar-refractivity contribution in [1.82, 2.24) is 15.5 Å². The molecular formula is C22H20F3N3O3. The van der Waals surface area contributed by atoms with Gasteiger partial charge in [-0.25, -0.2) is 4.98 Å². The van der Waals surface area contributed by atoms with Gasteiger partial charge >= 0.3 is 6.18 Å². The van der Waals surface area contributed by atoms with E-state index in [1.165, 1.54) is 6.07 Å². The molecule has 9 heteroatoms. The summed E-state index contributed by atoms with van der Waals surface area (Å²) >= 11 is 0. The van der Waals surface area contributed by atoms with E-state index in [1.54, 1.807) is 6.07 Å². The lowest BCUT2D eigenvalue weighted by Crippen LogP contribution is -2.39. The van der Waals surface area contributed by atoms with Gasteiger partial charge in [-0.05, 0) is 31.7 Å². The van der Waals surface area contributed by atoms with Crippen molar-refractivity contribution in [3.05, 3.63) is 66.0 Å². The third kappa shape index (κ3) is 5.22. The molecule has 6 nitrogen and oxygen atoms in total. The molecule has 1 N–H and O–H groups in total. The highest BCUT2D eigenvalue weighted by Gasteiger charge is 2.31. The Hall–Kier alpha value is -3.36. The summed E-state index contributed by atoms with van der Waals surface area (Å²) in [6, 6.07) is 13.1. The highest BCUT2D eigenvalue weighted by atomic mass is 19.4. The molecule has 0 spiro atoms. The van der Waals surface area contributed by atoms with Gasteiger partial charge in [0.2, 0.25) is 5.88 Å². The second kappa shape index (κ2) is 8.79. The first-order valence-electron chi connectivity index (χ1n) is 9.91. The molecule has 0 radical (unpaired) electrons. The topological polar surface area (TPSA) is 77.2 Å². The van der Waals surface area contributed by atoms with E-state index in [9.17, 15) is 18.0 Å². The summed E-state index contributed by atoms with van der Waals surface area (Å²) in [6.45, 7) is 0. The summed E-state index contributed by atoms with van der Waals surface area (Å²) < 4.78 is 48.8. The third-order valence-corrected chi connectivity index (χ3v) is 5.16. The zero-order valence-corrected chi connectivity index (χ0v) is 16.4. The summed E-state index contributed by atoms with van der Waals surface area (Å²) in [6.07, 6.45) is -1.14. The van der Waals surface area contributed by atoms with Gasteiger partial charge in [-0.15, -0.1) is 0 Å². The smallest absolute Gasteiger partial charge is 0.417 e. The minimum Gasteiger partial charge on any atom is -0.474 e. The van der Waals surface area contributed by atoms with Crippen LogP contribution in [-0.2, 0) is 6.18 Å². The number of nitrogens with one attached hydrogen (secondary N) is 1. The molecule has 1 fully saturated rings. The number of benzene rings is 1. The number of aromatic nitrogens is 2. The van der Waals surface area contributed by atoms with E-state index in [0.717, 1.165) is 17.8 Å². The number of amides is 1. The number of halogens is 3. The zero-order valence-electron chi connectivity index (χ0n) is 16.4. The SMILES string of the molecule is O=C(NC1CCC(Oc2ccc(C(F)(F)F)cn2)CC1)c1cc(-c2ccccc2)on1. The van der Waals surface area contributed by atoms with E-state index in [2.05, 4.69) is 15.5 Å². The highest BCUT2D eigenvalue weighted by Crippen LogP contribution is 2.30. The van der Waals surface area contributed by atoms with E-state index in [4.69, 9.17) is 9.26 Å². The molecule has 4 rings (SSSR count). The zero-order chi connectivity index (χ0) is 21.8. The molecule has 3 aromatic rings. The number of carbonyl (C=O) groups is 1. The number of carbonyl (C=O) groups excluding carboxylic acids is 1. The van der Waals surface area contributed by atoms with Gasteiger partial charge in [-0.2, -0.15) is 13.2 Å². The Balaban J connectivity index is 1.26. The van der Waals surface area contributed by atoms with Gasteiger partial charge in [0.1, 0.15) is 6.10 Å².